The van der Waals surface area contributed by atoms with Gasteiger partial charge >= 0.3 is 0 Å². The molecule has 0 radical (unpaired) electrons. The predicted octanol–water partition coefficient (Wildman–Crippen LogP) is 2.22. The Morgan fingerprint density at radius 3 is 2.83 bits per heavy atom. The first-order valence-corrected chi connectivity index (χ1v) is 9.71. The number of nitrogens with zero attached hydrogens (tertiary/aromatic N) is 3. The fourth-order valence-electron chi connectivity index (χ4n) is 2.52. The summed E-state index contributed by atoms with van der Waals surface area (Å²) < 4.78 is 28.3. The van der Waals surface area contributed by atoms with E-state index in [1.807, 2.05) is 25.1 Å². The van der Waals surface area contributed by atoms with E-state index in [2.05, 4.69) is 20.3 Å². The molecule has 0 aromatic heterocycles. The van der Waals surface area contributed by atoms with Crippen molar-refractivity contribution in [2.45, 2.75) is 6.92 Å². The van der Waals surface area contributed by atoms with Gasteiger partial charge in [0.25, 0.3) is 15.9 Å². The van der Waals surface area contributed by atoms with Gasteiger partial charge in [0.2, 0.25) is 0 Å². The van der Waals surface area contributed by atoms with E-state index in [1.165, 1.54) is 4.90 Å². The highest BCUT2D eigenvalue weighted by atomic mass is 79.9. The highest BCUT2D eigenvalue weighted by Gasteiger charge is 2.31. The van der Waals surface area contributed by atoms with Crippen LogP contribution in [0.25, 0.3) is 0 Å². The van der Waals surface area contributed by atoms with Crippen molar-refractivity contribution in [2.75, 3.05) is 24.2 Å². The van der Waals surface area contributed by atoms with Crippen molar-refractivity contribution in [1.82, 2.24) is 4.90 Å². The number of fused-ring (bicyclic) bond motifs is 1. The number of anilines is 1. The van der Waals surface area contributed by atoms with Gasteiger partial charge in [-0.25, -0.2) is 8.42 Å². The topological polar surface area (TPSA) is 70.1 Å². The van der Waals surface area contributed by atoms with Crippen molar-refractivity contribution < 1.29 is 13.2 Å². The summed E-state index contributed by atoms with van der Waals surface area (Å²) in [6, 6.07) is 5.59. The smallest absolute Gasteiger partial charge is 0.261 e. The molecule has 2 heterocycles. The van der Waals surface area contributed by atoms with Crippen LogP contribution >= 0.6 is 15.9 Å². The number of aryl methyl sites for hydroxylation is 1. The van der Waals surface area contributed by atoms with E-state index < -0.39 is 10.0 Å². The predicted molar refractivity (Wildman–Crippen MR) is 97.4 cm³/mol. The van der Waals surface area contributed by atoms with Crippen molar-refractivity contribution >= 4 is 43.4 Å². The maximum Gasteiger partial charge on any atom is 0.261 e. The van der Waals surface area contributed by atoms with Crippen molar-refractivity contribution in [3.63, 3.8) is 0 Å². The second-order valence-electron chi connectivity index (χ2n) is 5.61. The van der Waals surface area contributed by atoms with Crippen molar-refractivity contribution in [2.24, 2.45) is 4.40 Å². The van der Waals surface area contributed by atoms with Gasteiger partial charge in [-0.2, -0.15) is 0 Å². The third-order valence-corrected chi connectivity index (χ3v) is 5.96. The molecule has 2 aliphatic rings. The second kappa shape index (κ2) is 6.18. The summed E-state index contributed by atoms with van der Waals surface area (Å²) in [5.74, 6) is -0.166. The number of hydrogen-bond donors (Lipinski definition) is 0. The monoisotopic (exact) mass is 409 g/mol. The highest BCUT2D eigenvalue weighted by molar-refractivity contribution is 9.10. The fraction of sp³-hybridized carbons (Fsp3) is 0.250. The van der Waals surface area contributed by atoms with Gasteiger partial charge in [-0.05, 0) is 42.8 Å². The molecule has 24 heavy (non-hydrogen) atoms. The normalized spacial score (nSPS) is 18.5. The first-order valence-electron chi connectivity index (χ1n) is 7.31. The van der Waals surface area contributed by atoms with E-state index >= 15 is 0 Å². The standard InChI is InChI=1S/C16H16BrN3O3S/c1-11-10-12(5-6-14(11)17)19(2)16(21)13-4-3-7-20-8-9-24(22,23)18-15(13)20/h3-7,10H,8-9H2,1-2H3. The number of carbonyl (C=O) groups excluding carboxylic acids is 1. The number of likely N-dealkylation sites (N-methyl/N-ethyl adjacent to an activating group) is 1. The number of rotatable bonds is 2. The third kappa shape index (κ3) is 3.16. The SMILES string of the molecule is Cc1cc(N(C)C(=O)C2=CC=CN3CCS(=O)(=O)N=C23)ccc1Br. The number of amides is 1. The largest absolute Gasteiger partial charge is 0.331 e. The summed E-state index contributed by atoms with van der Waals surface area (Å²) in [6.45, 7) is 2.23. The summed E-state index contributed by atoms with van der Waals surface area (Å²) >= 11 is 3.43. The van der Waals surface area contributed by atoms with Gasteiger partial charge < -0.3 is 9.80 Å². The number of carbonyl (C=O) groups is 1. The number of hydrogen-bond acceptors (Lipinski definition) is 4. The lowest BCUT2D eigenvalue weighted by Crippen LogP contribution is -2.42. The number of sulfonamides is 1. The Labute approximate surface area is 149 Å². The number of halogens is 1. The Hall–Kier alpha value is -1.93. The molecular formula is C16H16BrN3O3S. The molecule has 1 amide bonds. The molecule has 1 aromatic rings. The Morgan fingerprint density at radius 1 is 1.38 bits per heavy atom. The Balaban J connectivity index is 1.96. The zero-order valence-electron chi connectivity index (χ0n) is 13.2. The van der Waals surface area contributed by atoms with Crippen LogP contribution in [-0.4, -0.2) is 44.4 Å². The zero-order valence-corrected chi connectivity index (χ0v) is 15.6. The van der Waals surface area contributed by atoms with Crippen molar-refractivity contribution in [3.05, 3.63) is 52.2 Å². The Kier molecular flexibility index (Phi) is 4.35. The molecule has 6 nitrogen and oxygen atoms in total. The minimum atomic E-state index is -3.53. The average Bonchev–Trinajstić information content (AvgIpc) is 2.54. The lowest BCUT2D eigenvalue weighted by molar-refractivity contribution is -0.114. The van der Waals surface area contributed by atoms with Crippen LogP contribution in [0.15, 0.2) is 51.0 Å². The van der Waals surface area contributed by atoms with Crippen molar-refractivity contribution in [1.29, 1.82) is 0 Å². The minimum Gasteiger partial charge on any atom is -0.331 e. The molecule has 0 saturated heterocycles. The lowest BCUT2D eigenvalue weighted by atomic mass is 10.1. The Bertz CT molecular complexity index is 903. The highest BCUT2D eigenvalue weighted by Crippen LogP contribution is 2.25. The lowest BCUT2D eigenvalue weighted by Gasteiger charge is -2.30. The maximum atomic E-state index is 12.9. The number of benzene rings is 1. The van der Waals surface area contributed by atoms with Gasteiger partial charge in [0.05, 0.1) is 11.3 Å². The molecule has 0 fully saturated rings. The van der Waals surface area contributed by atoms with Gasteiger partial charge in [0.1, 0.15) is 0 Å². The fourth-order valence-corrected chi connectivity index (χ4v) is 3.75. The third-order valence-electron chi connectivity index (χ3n) is 3.92. The molecular weight excluding hydrogens is 394 g/mol. The van der Waals surface area contributed by atoms with Crippen LogP contribution in [0, 0.1) is 6.92 Å². The summed E-state index contributed by atoms with van der Waals surface area (Å²) in [5, 5.41) is 0. The summed E-state index contributed by atoms with van der Waals surface area (Å²) in [4.78, 5) is 16.1. The molecule has 3 rings (SSSR count). The van der Waals surface area contributed by atoms with Crippen LogP contribution < -0.4 is 4.90 Å². The maximum absolute atomic E-state index is 12.9. The van der Waals surface area contributed by atoms with E-state index in [-0.39, 0.29) is 23.1 Å². The molecule has 0 aliphatic carbocycles. The zero-order chi connectivity index (χ0) is 17.5. The van der Waals surface area contributed by atoms with Gasteiger partial charge in [-0.3, -0.25) is 4.79 Å². The number of allylic oxidation sites excluding steroid dienone is 2. The minimum absolute atomic E-state index is 0.0515. The van der Waals surface area contributed by atoms with E-state index in [0.717, 1.165) is 15.7 Å². The van der Waals surface area contributed by atoms with Crippen molar-refractivity contribution in [3.8, 4) is 0 Å². The first-order chi connectivity index (χ1) is 11.3. The molecule has 0 saturated carbocycles. The van der Waals surface area contributed by atoms with Gasteiger partial charge in [0.15, 0.2) is 5.84 Å². The molecule has 1 aromatic carbocycles. The van der Waals surface area contributed by atoms with Gasteiger partial charge in [-0.1, -0.05) is 15.9 Å². The molecule has 0 N–H and O–H groups in total. The van der Waals surface area contributed by atoms with Gasteiger partial charge in [0, 0.05) is 30.0 Å². The molecule has 0 spiro atoms. The van der Waals surface area contributed by atoms with Crippen LogP contribution in [0.4, 0.5) is 5.69 Å². The van der Waals surface area contributed by atoms with Crippen LogP contribution in [0.5, 0.6) is 0 Å². The molecule has 126 valence electrons. The van der Waals surface area contributed by atoms with Crippen LogP contribution in [0.3, 0.4) is 0 Å². The molecule has 2 aliphatic heterocycles. The summed E-state index contributed by atoms with van der Waals surface area (Å²) in [6.07, 6.45) is 5.06. The first kappa shape index (κ1) is 16.9. The van der Waals surface area contributed by atoms with Crippen LogP contribution in [-0.2, 0) is 14.8 Å². The van der Waals surface area contributed by atoms with E-state index in [1.54, 1.807) is 30.3 Å². The molecule has 0 unspecified atom stereocenters. The average molecular weight is 410 g/mol. The van der Waals surface area contributed by atoms with E-state index in [9.17, 15) is 13.2 Å². The molecule has 0 bridgehead atoms. The van der Waals surface area contributed by atoms with E-state index in [0.29, 0.717) is 6.54 Å². The van der Waals surface area contributed by atoms with E-state index in [4.69, 9.17) is 0 Å². The van der Waals surface area contributed by atoms with Gasteiger partial charge in [-0.15, -0.1) is 4.40 Å². The Morgan fingerprint density at radius 2 is 2.12 bits per heavy atom. The summed E-state index contributed by atoms with van der Waals surface area (Å²) in [5.41, 5.74) is 2.00. The number of amidine groups is 1. The second-order valence-corrected chi connectivity index (χ2v) is 8.22. The quantitative estimate of drug-likeness (QED) is 0.750. The van der Waals surface area contributed by atoms with Crippen LogP contribution in [0.2, 0.25) is 0 Å². The summed E-state index contributed by atoms with van der Waals surface area (Å²) in [7, 11) is -1.87. The molecule has 0 atom stereocenters. The van der Waals surface area contributed by atoms with Crippen LogP contribution in [0.1, 0.15) is 5.56 Å². The molecule has 8 heteroatoms.